The molecule has 0 unspecified atom stereocenters. The van der Waals surface area contributed by atoms with E-state index in [0.717, 1.165) is 12.5 Å². The molecule has 0 spiro atoms. The molecule has 0 atom stereocenters. The van der Waals surface area contributed by atoms with Gasteiger partial charge in [0.05, 0.1) is 0 Å². The second-order valence-corrected chi connectivity index (χ2v) is 8.29. The van der Waals surface area contributed by atoms with Crippen molar-refractivity contribution < 1.29 is 0 Å². The van der Waals surface area contributed by atoms with Crippen LogP contribution in [0.1, 0.15) is 20.3 Å². The monoisotopic (exact) mass is 379 g/mol. The topological polar surface area (TPSA) is 3.24 Å². The van der Waals surface area contributed by atoms with E-state index in [0.29, 0.717) is 0 Å². The minimum atomic E-state index is 0.734. The zero-order valence-corrected chi connectivity index (χ0v) is 17.6. The van der Waals surface area contributed by atoms with Gasteiger partial charge in [0.25, 0.3) is 0 Å². The van der Waals surface area contributed by atoms with E-state index in [1.165, 1.54) is 45.1 Å². The molecular weight excluding hydrogens is 350 g/mol. The molecule has 0 radical (unpaired) electrons. The first kappa shape index (κ1) is 19.3. The molecule has 1 heteroatoms. The molecule has 29 heavy (non-hydrogen) atoms. The molecule has 0 bridgehead atoms. The van der Waals surface area contributed by atoms with E-state index < -0.39 is 0 Å². The summed E-state index contributed by atoms with van der Waals surface area (Å²) in [5, 5.41) is 2.57. The van der Waals surface area contributed by atoms with Crippen LogP contribution in [0.5, 0.6) is 0 Å². The lowest BCUT2D eigenvalue weighted by Gasteiger charge is -2.20. The Bertz CT molecular complexity index is 1080. The maximum atomic E-state index is 2.34. The summed E-state index contributed by atoms with van der Waals surface area (Å²) < 4.78 is 0. The highest BCUT2D eigenvalue weighted by Gasteiger charge is 2.05. The van der Waals surface area contributed by atoms with Crippen molar-refractivity contribution >= 4 is 16.5 Å². The Morgan fingerprint density at radius 1 is 0.621 bits per heavy atom. The third-order valence-electron chi connectivity index (χ3n) is 5.65. The number of anilines is 1. The van der Waals surface area contributed by atoms with Gasteiger partial charge in [0.2, 0.25) is 0 Å². The van der Waals surface area contributed by atoms with Crippen molar-refractivity contribution in [2.75, 3.05) is 18.5 Å². The minimum Gasteiger partial charge on any atom is -0.375 e. The molecule has 0 fully saturated rings. The van der Waals surface area contributed by atoms with Crippen molar-refractivity contribution in [1.82, 2.24) is 0 Å². The highest BCUT2D eigenvalue weighted by atomic mass is 15.1. The average molecular weight is 380 g/mol. The molecule has 0 saturated heterocycles. The Balaban J connectivity index is 1.51. The molecule has 0 amide bonds. The van der Waals surface area contributed by atoms with Gasteiger partial charge in [0.15, 0.2) is 0 Å². The zero-order valence-electron chi connectivity index (χ0n) is 17.6. The van der Waals surface area contributed by atoms with Gasteiger partial charge in [-0.25, -0.2) is 0 Å². The van der Waals surface area contributed by atoms with E-state index in [1.807, 2.05) is 0 Å². The molecule has 4 rings (SSSR count). The summed E-state index contributed by atoms with van der Waals surface area (Å²) in [7, 11) is 2.18. The second kappa shape index (κ2) is 8.53. The summed E-state index contributed by atoms with van der Waals surface area (Å²) in [5.74, 6) is 0.734. The van der Waals surface area contributed by atoms with Crippen LogP contribution in [0.25, 0.3) is 33.0 Å². The van der Waals surface area contributed by atoms with Gasteiger partial charge >= 0.3 is 0 Å². The van der Waals surface area contributed by atoms with E-state index in [1.54, 1.807) is 0 Å². The molecule has 0 heterocycles. The summed E-state index contributed by atoms with van der Waals surface area (Å²) in [4.78, 5) is 2.34. The molecule has 0 aliphatic rings. The fourth-order valence-corrected chi connectivity index (χ4v) is 3.71. The summed E-state index contributed by atoms with van der Waals surface area (Å²) in [6.45, 7) is 5.65. The number of hydrogen-bond acceptors (Lipinski definition) is 1. The van der Waals surface area contributed by atoms with E-state index >= 15 is 0 Å². The fourth-order valence-electron chi connectivity index (χ4n) is 3.71. The normalized spacial score (nSPS) is 11.2. The average Bonchev–Trinajstić information content (AvgIpc) is 2.77. The molecule has 0 N–H and O–H groups in total. The Morgan fingerprint density at radius 2 is 1.14 bits per heavy atom. The highest BCUT2D eigenvalue weighted by molar-refractivity contribution is 5.87. The maximum absolute atomic E-state index is 2.34. The lowest BCUT2D eigenvalue weighted by atomic mass is 9.98. The van der Waals surface area contributed by atoms with Gasteiger partial charge in [0, 0.05) is 19.3 Å². The largest absolute Gasteiger partial charge is 0.375 e. The van der Waals surface area contributed by atoms with Crippen LogP contribution < -0.4 is 4.90 Å². The second-order valence-electron chi connectivity index (χ2n) is 8.29. The van der Waals surface area contributed by atoms with Crippen LogP contribution in [0.4, 0.5) is 5.69 Å². The van der Waals surface area contributed by atoms with Crippen LogP contribution in [0.2, 0.25) is 0 Å². The molecular formula is C28H29N. The first-order chi connectivity index (χ1) is 14.1. The summed E-state index contributed by atoms with van der Waals surface area (Å²) >= 11 is 0. The van der Waals surface area contributed by atoms with Crippen LogP contribution in [0.3, 0.4) is 0 Å². The van der Waals surface area contributed by atoms with Crippen LogP contribution in [0.15, 0.2) is 91.0 Å². The predicted octanol–water partition coefficient (Wildman–Crippen LogP) is 7.66. The Kier molecular flexibility index (Phi) is 5.67. The number of rotatable bonds is 6. The third kappa shape index (κ3) is 4.51. The van der Waals surface area contributed by atoms with Gasteiger partial charge < -0.3 is 4.90 Å². The molecule has 4 aromatic carbocycles. The number of hydrogen-bond donors (Lipinski definition) is 0. The van der Waals surface area contributed by atoms with E-state index in [4.69, 9.17) is 0 Å². The predicted molar refractivity (Wildman–Crippen MR) is 128 cm³/mol. The van der Waals surface area contributed by atoms with E-state index in [9.17, 15) is 0 Å². The number of nitrogens with zero attached hydrogens (tertiary/aromatic N) is 1. The maximum Gasteiger partial charge on any atom is 0.0364 e. The third-order valence-corrected chi connectivity index (χ3v) is 5.65. The van der Waals surface area contributed by atoms with Crippen LogP contribution in [-0.4, -0.2) is 13.6 Å². The summed E-state index contributed by atoms with van der Waals surface area (Å²) in [6.07, 6.45) is 1.22. The highest BCUT2D eigenvalue weighted by Crippen LogP contribution is 2.28. The molecule has 0 aromatic heterocycles. The van der Waals surface area contributed by atoms with Gasteiger partial charge in [-0.1, -0.05) is 86.6 Å². The van der Waals surface area contributed by atoms with E-state index in [-0.39, 0.29) is 0 Å². The minimum absolute atomic E-state index is 0.734. The zero-order chi connectivity index (χ0) is 20.2. The van der Waals surface area contributed by atoms with Crippen molar-refractivity contribution in [2.45, 2.75) is 20.3 Å². The van der Waals surface area contributed by atoms with Gasteiger partial charge in [-0.3, -0.25) is 0 Å². The molecule has 4 aromatic rings. The lowest BCUT2D eigenvalue weighted by molar-refractivity contribution is 0.585. The Hall–Kier alpha value is -3.06. The number of benzene rings is 4. The van der Waals surface area contributed by atoms with Crippen molar-refractivity contribution in [3.63, 3.8) is 0 Å². The van der Waals surface area contributed by atoms with Crippen LogP contribution in [-0.2, 0) is 0 Å². The summed E-state index contributed by atoms with van der Waals surface area (Å²) in [6, 6.07) is 33.0. The smallest absolute Gasteiger partial charge is 0.0364 e. The van der Waals surface area contributed by atoms with Gasteiger partial charge in [-0.2, -0.15) is 0 Å². The molecule has 146 valence electrons. The first-order valence-electron chi connectivity index (χ1n) is 10.5. The van der Waals surface area contributed by atoms with Gasteiger partial charge in [-0.05, 0) is 63.6 Å². The quantitative estimate of drug-likeness (QED) is 0.332. The fraction of sp³-hybridized carbons (Fsp3) is 0.214. The summed E-state index contributed by atoms with van der Waals surface area (Å²) in [5.41, 5.74) is 6.31. The molecule has 0 aliphatic carbocycles. The van der Waals surface area contributed by atoms with Crippen molar-refractivity contribution in [1.29, 1.82) is 0 Å². The number of fused-ring (bicyclic) bond motifs is 1. The first-order valence-corrected chi connectivity index (χ1v) is 10.5. The van der Waals surface area contributed by atoms with Crippen molar-refractivity contribution in [3.8, 4) is 22.3 Å². The lowest BCUT2D eigenvalue weighted by Crippen LogP contribution is -2.19. The van der Waals surface area contributed by atoms with Crippen LogP contribution in [0, 0.1) is 5.92 Å². The Morgan fingerprint density at radius 3 is 1.76 bits per heavy atom. The van der Waals surface area contributed by atoms with Crippen LogP contribution >= 0.6 is 0 Å². The van der Waals surface area contributed by atoms with Gasteiger partial charge in [0.1, 0.15) is 0 Å². The molecule has 0 aliphatic heterocycles. The molecule has 1 nitrogen and oxygen atoms in total. The SMILES string of the molecule is CC(C)CCN(C)c1ccc(-c2ccc(-c3ccc4ccccc4c3)cc2)cc1. The van der Waals surface area contributed by atoms with Crippen molar-refractivity contribution in [2.24, 2.45) is 5.92 Å². The van der Waals surface area contributed by atoms with Crippen molar-refractivity contribution in [3.05, 3.63) is 91.0 Å². The molecule has 0 saturated carbocycles. The Labute approximate surface area is 174 Å². The van der Waals surface area contributed by atoms with E-state index in [2.05, 4.69) is 117 Å². The standard InChI is InChI=1S/C28H29N/c1-21(2)18-19-29(3)28-16-14-24(15-17-28)23-8-10-25(11-9-23)27-13-12-22-6-4-5-7-26(22)20-27/h4-17,20-21H,18-19H2,1-3H3. The van der Waals surface area contributed by atoms with Gasteiger partial charge in [-0.15, -0.1) is 0 Å².